The zero-order chi connectivity index (χ0) is 25.5. The number of ether oxygens (including phenoxy) is 4. The smallest absolute Gasteiger partial charge is 0.247 e. The third-order valence-electron chi connectivity index (χ3n) is 6.64. The fraction of sp³-hybridized carbons (Fsp3) is 0.481. The molecule has 4 rings (SSSR count). The SMILES string of the molecule is COc1ccc([C@H](C(=O)NC2CCCCC2)N(C[C@@H]2COc3ccccc3O2)C(=O)CCl)cc1OC. The molecule has 2 aliphatic rings. The summed E-state index contributed by atoms with van der Waals surface area (Å²) in [6, 6.07) is 11.7. The molecule has 0 radical (unpaired) electrons. The average Bonchev–Trinajstić information content (AvgIpc) is 2.92. The molecule has 0 spiro atoms. The standard InChI is InChI=1S/C27H33ClN2O6/c1-33-21-13-12-18(14-24(21)34-2)26(27(32)29-19-8-4-3-5-9-19)30(25(31)15-28)16-20-17-35-22-10-6-7-11-23(22)36-20/h6-7,10-14,19-20,26H,3-5,8-9,15-17H2,1-2H3,(H,29,32)/t20-,26-/m1/s1. The van der Waals surface area contributed by atoms with Crippen LogP contribution >= 0.6 is 11.6 Å². The van der Waals surface area contributed by atoms with Gasteiger partial charge in [-0.05, 0) is 42.7 Å². The number of carbonyl (C=O) groups is 2. The minimum Gasteiger partial charge on any atom is -0.493 e. The molecule has 0 bridgehead atoms. The van der Waals surface area contributed by atoms with Crippen LogP contribution in [0.2, 0.25) is 0 Å². The van der Waals surface area contributed by atoms with Gasteiger partial charge in [-0.15, -0.1) is 11.6 Å². The predicted octanol–water partition coefficient (Wildman–Crippen LogP) is 4.10. The zero-order valence-corrected chi connectivity index (χ0v) is 21.5. The fourth-order valence-corrected chi connectivity index (χ4v) is 4.98. The van der Waals surface area contributed by atoms with Crippen LogP contribution in [0.4, 0.5) is 0 Å². The molecule has 1 N–H and O–H groups in total. The predicted molar refractivity (Wildman–Crippen MR) is 136 cm³/mol. The Bertz CT molecular complexity index is 1060. The van der Waals surface area contributed by atoms with Crippen LogP contribution in [0, 0.1) is 0 Å². The van der Waals surface area contributed by atoms with Crippen LogP contribution in [0.3, 0.4) is 0 Å². The van der Waals surface area contributed by atoms with E-state index in [2.05, 4.69) is 5.32 Å². The van der Waals surface area contributed by atoms with Crippen LogP contribution in [0.5, 0.6) is 23.0 Å². The molecular formula is C27H33ClN2O6. The van der Waals surface area contributed by atoms with Gasteiger partial charge in [-0.1, -0.05) is 37.5 Å². The van der Waals surface area contributed by atoms with Crippen molar-refractivity contribution in [3.63, 3.8) is 0 Å². The van der Waals surface area contributed by atoms with E-state index in [1.165, 1.54) is 18.4 Å². The third kappa shape index (κ3) is 5.98. The number of fused-ring (bicyclic) bond motifs is 1. The van der Waals surface area contributed by atoms with Gasteiger partial charge in [-0.3, -0.25) is 9.59 Å². The van der Waals surface area contributed by atoms with E-state index in [1.807, 2.05) is 24.3 Å². The monoisotopic (exact) mass is 516 g/mol. The highest BCUT2D eigenvalue weighted by Gasteiger charge is 2.36. The molecule has 2 aromatic rings. The molecule has 0 unspecified atom stereocenters. The summed E-state index contributed by atoms with van der Waals surface area (Å²) >= 11 is 6.04. The first-order chi connectivity index (χ1) is 17.5. The van der Waals surface area contributed by atoms with E-state index in [1.54, 1.807) is 25.3 Å². The number of carbonyl (C=O) groups excluding carboxylic acids is 2. The highest BCUT2D eigenvalue weighted by Crippen LogP contribution is 2.35. The number of benzene rings is 2. The van der Waals surface area contributed by atoms with Gasteiger partial charge in [0.1, 0.15) is 18.5 Å². The van der Waals surface area contributed by atoms with Gasteiger partial charge in [0.2, 0.25) is 11.8 Å². The summed E-state index contributed by atoms with van der Waals surface area (Å²) < 4.78 is 22.8. The van der Waals surface area contributed by atoms with Crippen LogP contribution in [-0.4, -0.2) is 62.1 Å². The number of hydrogen-bond acceptors (Lipinski definition) is 6. The Morgan fingerprint density at radius 1 is 1.06 bits per heavy atom. The molecule has 1 fully saturated rings. The molecule has 1 heterocycles. The number of rotatable bonds is 9. The Morgan fingerprint density at radius 2 is 1.78 bits per heavy atom. The molecule has 2 atom stereocenters. The first-order valence-corrected chi connectivity index (χ1v) is 12.8. The number of alkyl halides is 1. The van der Waals surface area contributed by atoms with Gasteiger partial charge >= 0.3 is 0 Å². The van der Waals surface area contributed by atoms with Crippen molar-refractivity contribution in [2.75, 3.05) is 33.3 Å². The van der Waals surface area contributed by atoms with Crippen molar-refractivity contribution in [1.29, 1.82) is 0 Å². The number of amides is 2. The van der Waals surface area contributed by atoms with Crippen LogP contribution < -0.4 is 24.3 Å². The molecule has 194 valence electrons. The molecule has 2 aromatic carbocycles. The van der Waals surface area contributed by atoms with E-state index in [4.69, 9.17) is 30.5 Å². The second kappa shape index (κ2) is 12.2. The Morgan fingerprint density at radius 3 is 2.47 bits per heavy atom. The zero-order valence-electron chi connectivity index (χ0n) is 20.7. The van der Waals surface area contributed by atoms with Crippen LogP contribution in [0.15, 0.2) is 42.5 Å². The molecule has 9 heteroatoms. The molecule has 8 nitrogen and oxygen atoms in total. The van der Waals surface area contributed by atoms with E-state index < -0.39 is 12.1 Å². The summed E-state index contributed by atoms with van der Waals surface area (Å²) in [5.74, 6) is 1.34. The van der Waals surface area contributed by atoms with Crippen LogP contribution in [-0.2, 0) is 9.59 Å². The molecule has 36 heavy (non-hydrogen) atoms. The Hall–Kier alpha value is -3.13. The molecule has 1 aliphatic carbocycles. The number of nitrogens with zero attached hydrogens (tertiary/aromatic N) is 1. The molecule has 1 saturated carbocycles. The lowest BCUT2D eigenvalue weighted by molar-refractivity contribution is -0.141. The number of halogens is 1. The minimum atomic E-state index is -0.932. The van der Waals surface area contributed by atoms with Gasteiger partial charge in [0.25, 0.3) is 0 Å². The van der Waals surface area contributed by atoms with Crippen molar-refractivity contribution in [1.82, 2.24) is 10.2 Å². The van der Waals surface area contributed by atoms with E-state index in [0.29, 0.717) is 28.6 Å². The summed E-state index contributed by atoms with van der Waals surface area (Å²) in [6.07, 6.45) is 4.68. The van der Waals surface area contributed by atoms with E-state index >= 15 is 0 Å². The van der Waals surface area contributed by atoms with Crippen molar-refractivity contribution >= 4 is 23.4 Å². The topological polar surface area (TPSA) is 86.3 Å². The molecular weight excluding hydrogens is 484 g/mol. The normalized spacial score (nSPS) is 18.1. The van der Waals surface area contributed by atoms with E-state index in [-0.39, 0.29) is 36.9 Å². The number of para-hydroxylation sites is 2. The van der Waals surface area contributed by atoms with Crippen molar-refractivity contribution in [2.24, 2.45) is 0 Å². The second-order valence-electron chi connectivity index (χ2n) is 9.04. The Balaban J connectivity index is 1.65. The van der Waals surface area contributed by atoms with Gasteiger partial charge in [0, 0.05) is 6.04 Å². The van der Waals surface area contributed by atoms with Crippen molar-refractivity contribution in [3.8, 4) is 23.0 Å². The van der Waals surface area contributed by atoms with Crippen molar-refractivity contribution in [2.45, 2.75) is 50.3 Å². The average molecular weight is 517 g/mol. The molecule has 0 saturated heterocycles. The summed E-state index contributed by atoms with van der Waals surface area (Å²) in [5.41, 5.74) is 0.594. The van der Waals surface area contributed by atoms with E-state index in [0.717, 1.165) is 25.7 Å². The Kier molecular flexibility index (Phi) is 8.80. The second-order valence-corrected chi connectivity index (χ2v) is 9.31. The van der Waals surface area contributed by atoms with Crippen molar-refractivity contribution in [3.05, 3.63) is 48.0 Å². The third-order valence-corrected chi connectivity index (χ3v) is 6.87. The Labute approximate surface area is 216 Å². The highest BCUT2D eigenvalue weighted by molar-refractivity contribution is 6.27. The maximum Gasteiger partial charge on any atom is 0.247 e. The van der Waals surface area contributed by atoms with Gasteiger partial charge < -0.3 is 29.2 Å². The summed E-state index contributed by atoms with van der Waals surface area (Å²) in [5, 5.41) is 3.18. The molecule has 0 aromatic heterocycles. The number of hydrogen-bond donors (Lipinski definition) is 1. The number of nitrogens with one attached hydrogen (secondary N) is 1. The maximum absolute atomic E-state index is 13.8. The van der Waals surface area contributed by atoms with Crippen molar-refractivity contribution < 1.29 is 28.5 Å². The van der Waals surface area contributed by atoms with Gasteiger partial charge in [-0.25, -0.2) is 0 Å². The summed E-state index contributed by atoms with van der Waals surface area (Å²) in [7, 11) is 3.08. The van der Waals surface area contributed by atoms with Crippen LogP contribution in [0.25, 0.3) is 0 Å². The minimum absolute atomic E-state index is 0.0722. The number of methoxy groups -OCH3 is 2. The first-order valence-electron chi connectivity index (χ1n) is 12.3. The largest absolute Gasteiger partial charge is 0.493 e. The lowest BCUT2D eigenvalue weighted by atomic mass is 9.94. The lowest BCUT2D eigenvalue weighted by Gasteiger charge is -2.36. The van der Waals surface area contributed by atoms with Gasteiger partial charge in [-0.2, -0.15) is 0 Å². The van der Waals surface area contributed by atoms with Crippen LogP contribution in [0.1, 0.15) is 43.7 Å². The maximum atomic E-state index is 13.8. The van der Waals surface area contributed by atoms with E-state index in [9.17, 15) is 9.59 Å². The fourth-order valence-electron chi connectivity index (χ4n) is 4.82. The quantitative estimate of drug-likeness (QED) is 0.505. The summed E-state index contributed by atoms with van der Waals surface area (Å²) in [6.45, 7) is 0.364. The molecule has 2 amide bonds. The van der Waals surface area contributed by atoms with Gasteiger partial charge in [0.15, 0.2) is 29.1 Å². The lowest BCUT2D eigenvalue weighted by Crippen LogP contribution is -2.51. The highest BCUT2D eigenvalue weighted by atomic mass is 35.5. The summed E-state index contributed by atoms with van der Waals surface area (Å²) in [4.78, 5) is 28.4. The first kappa shape index (κ1) is 25.9. The molecule has 1 aliphatic heterocycles. The van der Waals surface area contributed by atoms with Gasteiger partial charge in [0.05, 0.1) is 20.8 Å².